The van der Waals surface area contributed by atoms with Gasteiger partial charge in [0.1, 0.15) is 11.2 Å². The van der Waals surface area contributed by atoms with Crippen LogP contribution in [0.15, 0.2) is 186 Å². The van der Waals surface area contributed by atoms with Gasteiger partial charge < -0.3 is 9.32 Å². The van der Waals surface area contributed by atoms with Crippen LogP contribution < -0.4 is 4.90 Å². The Labute approximate surface area is 335 Å². The lowest BCUT2D eigenvalue weighted by molar-refractivity contribution is 0.584. The van der Waals surface area contributed by atoms with Gasteiger partial charge in [-0.25, -0.2) is 0 Å². The van der Waals surface area contributed by atoms with Crippen molar-refractivity contribution in [3.63, 3.8) is 0 Å². The molecule has 0 unspecified atom stereocenters. The molecule has 9 aromatic rings. The fraction of sp³-hybridized carbons (Fsp3) is 0.127. The van der Waals surface area contributed by atoms with E-state index in [1.807, 2.05) is 12.1 Å². The molecule has 0 radical (unpaired) electrons. The molecule has 2 nitrogen and oxygen atoms in total. The maximum atomic E-state index is 6.42. The fourth-order valence-electron chi connectivity index (χ4n) is 8.87. The summed E-state index contributed by atoms with van der Waals surface area (Å²) in [6.07, 6.45) is 0. The van der Waals surface area contributed by atoms with E-state index in [1.54, 1.807) is 0 Å². The topological polar surface area (TPSA) is 16.4 Å². The Morgan fingerprint density at radius 2 is 1.04 bits per heavy atom. The van der Waals surface area contributed by atoms with E-state index in [4.69, 9.17) is 4.42 Å². The van der Waals surface area contributed by atoms with E-state index in [0.717, 1.165) is 50.1 Å². The van der Waals surface area contributed by atoms with Crippen LogP contribution in [0.2, 0.25) is 0 Å². The van der Waals surface area contributed by atoms with E-state index in [1.165, 1.54) is 50.1 Å². The zero-order chi connectivity index (χ0) is 38.9. The summed E-state index contributed by atoms with van der Waals surface area (Å²) in [5.74, 6) is 0. The van der Waals surface area contributed by atoms with E-state index in [0.29, 0.717) is 0 Å². The van der Waals surface area contributed by atoms with E-state index >= 15 is 0 Å². The molecule has 0 spiro atoms. The number of rotatable bonds is 6. The van der Waals surface area contributed by atoms with Crippen LogP contribution in [0.1, 0.15) is 51.3 Å². The third-order valence-electron chi connectivity index (χ3n) is 12.1. The third kappa shape index (κ3) is 5.95. The molecule has 276 valence electrons. The molecule has 0 saturated carbocycles. The molecule has 0 fully saturated rings. The minimum atomic E-state index is -0.0444. The summed E-state index contributed by atoms with van der Waals surface area (Å²) in [5, 5.41) is 2.28. The predicted octanol–water partition coefficient (Wildman–Crippen LogP) is 15.7. The van der Waals surface area contributed by atoms with Crippen molar-refractivity contribution in [2.45, 2.75) is 45.4 Å². The maximum absolute atomic E-state index is 6.42. The Bertz CT molecular complexity index is 2940. The monoisotopic (exact) mass is 735 g/mol. The SMILES string of the molecule is CC(C)(C)c1ccc2c(c1)C(C)(C)c1ccc(-c3ccc(N(c4ccc(-c5cccc6c5oc5ccccc56)cc4)c4cccc(-c5ccccc5)c4)cc3)cc1-2. The molecular formula is C55H45NO. The largest absolute Gasteiger partial charge is 0.455 e. The highest BCUT2D eigenvalue weighted by Crippen LogP contribution is 2.51. The molecule has 1 heterocycles. The summed E-state index contributed by atoms with van der Waals surface area (Å²) in [4.78, 5) is 2.36. The second kappa shape index (κ2) is 13.2. The van der Waals surface area contributed by atoms with Gasteiger partial charge in [0.2, 0.25) is 0 Å². The molecule has 10 rings (SSSR count). The number of hydrogen-bond donors (Lipinski definition) is 0. The van der Waals surface area contributed by atoms with Gasteiger partial charge in [-0.15, -0.1) is 0 Å². The van der Waals surface area contributed by atoms with Gasteiger partial charge in [-0.1, -0.05) is 168 Å². The molecule has 0 aliphatic heterocycles. The molecule has 1 aliphatic rings. The number of para-hydroxylation sites is 2. The van der Waals surface area contributed by atoms with Crippen molar-refractivity contribution in [3.05, 3.63) is 199 Å². The Morgan fingerprint density at radius 3 is 1.79 bits per heavy atom. The molecule has 2 heteroatoms. The molecule has 0 atom stereocenters. The summed E-state index contributed by atoms with van der Waals surface area (Å²) in [5.41, 5.74) is 19.1. The fourth-order valence-corrected chi connectivity index (χ4v) is 8.87. The zero-order valence-corrected chi connectivity index (χ0v) is 33.2. The van der Waals surface area contributed by atoms with E-state index in [-0.39, 0.29) is 10.8 Å². The minimum Gasteiger partial charge on any atom is -0.455 e. The summed E-state index contributed by atoms with van der Waals surface area (Å²) in [7, 11) is 0. The van der Waals surface area contributed by atoms with Crippen molar-refractivity contribution in [1.82, 2.24) is 0 Å². The number of furan rings is 1. The standard InChI is InChI=1S/C55H45NO/c1-54(2,3)41-26-31-46-49-34-40(25-32-50(49)55(4,5)51(46)35-41)37-21-27-42(28-22-37)56(44-16-11-15-39(33-44)36-13-7-6-8-14-36)43-29-23-38(24-30-43)45-18-12-19-48-47-17-9-10-20-52(47)57-53(45)48/h6-35H,1-5H3. The van der Waals surface area contributed by atoms with Gasteiger partial charge in [-0.3, -0.25) is 0 Å². The normalized spacial score (nSPS) is 13.1. The number of hydrogen-bond acceptors (Lipinski definition) is 2. The van der Waals surface area contributed by atoms with Gasteiger partial charge >= 0.3 is 0 Å². The van der Waals surface area contributed by atoms with Crippen LogP contribution in [-0.4, -0.2) is 0 Å². The van der Waals surface area contributed by atoms with Crippen LogP contribution in [-0.2, 0) is 10.8 Å². The lowest BCUT2D eigenvalue weighted by atomic mass is 9.79. The molecule has 57 heavy (non-hydrogen) atoms. The summed E-state index contributed by atoms with van der Waals surface area (Å²) < 4.78 is 6.42. The average Bonchev–Trinajstić information content (AvgIpc) is 3.73. The van der Waals surface area contributed by atoms with Crippen LogP contribution in [0, 0.1) is 0 Å². The Balaban J connectivity index is 1.03. The Morgan fingerprint density at radius 1 is 0.421 bits per heavy atom. The minimum absolute atomic E-state index is 0.0444. The molecule has 1 aliphatic carbocycles. The van der Waals surface area contributed by atoms with Crippen LogP contribution in [0.5, 0.6) is 0 Å². The first-order valence-corrected chi connectivity index (χ1v) is 20.0. The average molecular weight is 736 g/mol. The first-order valence-electron chi connectivity index (χ1n) is 20.0. The molecule has 0 N–H and O–H groups in total. The summed E-state index contributed by atoms with van der Waals surface area (Å²) in [6.45, 7) is 11.6. The van der Waals surface area contributed by atoms with Crippen molar-refractivity contribution in [2.75, 3.05) is 4.90 Å². The zero-order valence-electron chi connectivity index (χ0n) is 33.2. The highest BCUT2D eigenvalue weighted by atomic mass is 16.3. The third-order valence-corrected chi connectivity index (χ3v) is 12.1. The Hall–Kier alpha value is -6.64. The second-order valence-electron chi connectivity index (χ2n) is 17.0. The van der Waals surface area contributed by atoms with E-state index in [2.05, 4.69) is 209 Å². The lowest BCUT2D eigenvalue weighted by Crippen LogP contribution is -2.17. The van der Waals surface area contributed by atoms with Gasteiger partial charge in [0.25, 0.3) is 0 Å². The molecule has 0 amide bonds. The first kappa shape index (κ1) is 34.8. The van der Waals surface area contributed by atoms with Gasteiger partial charge in [-0.05, 0) is 110 Å². The van der Waals surface area contributed by atoms with Crippen LogP contribution >= 0.6 is 0 Å². The van der Waals surface area contributed by atoms with Crippen molar-refractivity contribution in [1.29, 1.82) is 0 Å². The van der Waals surface area contributed by atoms with Gasteiger partial charge in [0.05, 0.1) is 0 Å². The quantitative estimate of drug-likeness (QED) is 0.169. The lowest BCUT2D eigenvalue weighted by Gasteiger charge is -2.26. The van der Waals surface area contributed by atoms with Crippen LogP contribution in [0.3, 0.4) is 0 Å². The van der Waals surface area contributed by atoms with Crippen LogP contribution in [0.4, 0.5) is 17.1 Å². The summed E-state index contributed by atoms with van der Waals surface area (Å²) in [6, 6.07) is 66.2. The maximum Gasteiger partial charge on any atom is 0.143 e. The molecular weight excluding hydrogens is 691 g/mol. The molecule has 8 aromatic carbocycles. The number of anilines is 3. The second-order valence-corrected chi connectivity index (χ2v) is 17.0. The van der Waals surface area contributed by atoms with Gasteiger partial charge in [0, 0.05) is 38.8 Å². The first-order chi connectivity index (χ1) is 27.6. The van der Waals surface area contributed by atoms with Crippen LogP contribution in [0.25, 0.3) is 66.4 Å². The van der Waals surface area contributed by atoms with Crippen molar-refractivity contribution < 1.29 is 4.42 Å². The van der Waals surface area contributed by atoms with Crippen molar-refractivity contribution in [2.24, 2.45) is 0 Å². The highest BCUT2D eigenvalue weighted by Gasteiger charge is 2.36. The number of nitrogens with zero attached hydrogens (tertiary/aromatic N) is 1. The smallest absolute Gasteiger partial charge is 0.143 e. The van der Waals surface area contributed by atoms with Gasteiger partial charge in [0.15, 0.2) is 0 Å². The molecule has 0 saturated heterocycles. The summed E-state index contributed by atoms with van der Waals surface area (Å²) >= 11 is 0. The molecule has 0 bridgehead atoms. The van der Waals surface area contributed by atoms with E-state index < -0.39 is 0 Å². The van der Waals surface area contributed by atoms with Crippen molar-refractivity contribution in [3.8, 4) is 44.5 Å². The number of fused-ring (bicyclic) bond motifs is 6. The number of benzene rings is 8. The molecule has 1 aromatic heterocycles. The predicted molar refractivity (Wildman–Crippen MR) is 241 cm³/mol. The van der Waals surface area contributed by atoms with Gasteiger partial charge in [-0.2, -0.15) is 0 Å². The van der Waals surface area contributed by atoms with E-state index in [9.17, 15) is 0 Å². The van der Waals surface area contributed by atoms with Crippen molar-refractivity contribution >= 4 is 39.0 Å². The Kier molecular flexibility index (Phi) is 8.09. The highest BCUT2D eigenvalue weighted by molar-refractivity contribution is 6.09.